The van der Waals surface area contributed by atoms with Crippen LogP contribution in [0, 0.1) is 5.92 Å². The Morgan fingerprint density at radius 1 is 1.21 bits per heavy atom. The number of nitrogens with zero attached hydrogens (tertiary/aromatic N) is 1. The summed E-state index contributed by atoms with van der Waals surface area (Å²) in [5.41, 5.74) is 1.64. The molecule has 1 fully saturated rings. The van der Waals surface area contributed by atoms with E-state index in [0.29, 0.717) is 24.6 Å². The number of aromatic nitrogens is 1. The maximum atomic E-state index is 12.4. The number of amides is 1. The lowest BCUT2D eigenvalue weighted by atomic mass is 10.0. The number of benzene rings is 1. The molecule has 2 N–H and O–H groups in total. The van der Waals surface area contributed by atoms with Gasteiger partial charge in [-0.25, -0.2) is 18.1 Å². The van der Waals surface area contributed by atoms with Crippen molar-refractivity contribution >= 4 is 27.3 Å². The molecular weight excluding hydrogens is 406 g/mol. The summed E-state index contributed by atoms with van der Waals surface area (Å²) in [4.78, 5) is 18.7. The molecule has 1 aromatic carbocycles. The normalized spacial score (nSPS) is 16.4. The Labute approximate surface area is 176 Å². The van der Waals surface area contributed by atoms with Gasteiger partial charge in [0.2, 0.25) is 10.0 Å². The van der Waals surface area contributed by atoms with Gasteiger partial charge in [-0.3, -0.25) is 4.79 Å². The zero-order chi connectivity index (χ0) is 20.3. The number of hydrogen-bond donors (Lipinski definition) is 2. The molecule has 29 heavy (non-hydrogen) atoms. The van der Waals surface area contributed by atoms with Gasteiger partial charge < -0.3 is 5.32 Å². The molecule has 2 aromatic rings. The van der Waals surface area contributed by atoms with E-state index >= 15 is 0 Å². The number of nitrogens with one attached hydrogen (secondary N) is 2. The van der Waals surface area contributed by atoms with Crippen LogP contribution in [0.4, 0.5) is 0 Å². The molecule has 2 aliphatic carbocycles. The number of aryl methyl sites for hydroxylation is 3. The zero-order valence-electron chi connectivity index (χ0n) is 16.4. The monoisotopic (exact) mass is 433 g/mol. The summed E-state index contributed by atoms with van der Waals surface area (Å²) in [5, 5.41) is 4.05. The lowest BCUT2D eigenvalue weighted by molar-refractivity contribution is 0.0953. The highest BCUT2D eigenvalue weighted by atomic mass is 32.2. The predicted octanol–water partition coefficient (Wildman–Crippen LogP) is 3.07. The minimum atomic E-state index is -3.57. The van der Waals surface area contributed by atoms with Gasteiger partial charge >= 0.3 is 0 Å². The number of fused-ring (bicyclic) bond motifs is 1. The zero-order valence-corrected chi connectivity index (χ0v) is 18.1. The fourth-order valence-corrected chi connectivity index (χ4v) is 5.85. The molecule has 0 saturated heterocycles. The topological polar surface area (TPSA) is 88.2 Å². The van der Waals surface area contributed by atoms with Crippen molar-refractivity contribution in [2.45, 2.75) is 56.3 Å². The first-order valence-electron chi connectivity index (χ1n) is 10.4. The first kappa shape index (κ1) is 20.5. The van der Waals surface area contributed by atoms with Crippen LogP contribution in [0.3, 0.4) is 0 Å². The third kappa shape index (κ3) is 5.43. The van der Waals surface area contributed by atoms with Crippen molar-refractivity contribution in [1.29, 1.82) is 0 Å². The van der Waals surface area contributed by atoms with Gasteiger partial charge in [0.05, 0.1) is 15.6 Å². The van der Waals surface area contributed by atoms with Gasteiger partial charge in [0.1, 0.15) is 0 Å². The standard InChI is InChI=1S/C21H27N3O3S2/c25-21(22-12-4-9-20-24-18-7-1-2-8-19(18)28-20)16-5-3-6-17(13-16)29(26,27)23-14-15-10-11-15/h3,5-6,13,15,23H,1-2,4,7-12,14H2,(H,22,25). The second-order valence-corrected chi connectivity index (χ2v) is 10.8. The molecule has 6 nitrogen and oxygen atoms in total. The average molecular weight is 434 g/mol. The number of thiazole rings is 1. The van der Waals surface area contributed by atoms with Crippen molar-refractivity contribution in [3.63, 3.8) is 0 Å². The van der Waals surface area contributed by atoms with E-state index in [9.17, 15) is 13.2 Å². The van der Waals surface area contributed by atoms with Crippen LogP contribution in [0.25, 0.3) is 0 Å². The van der Waals surface area contributed by atoms with Gasteiger partial charge in [0, 0.05) is 30.0 Å². The van der Waals surface area contributed by atoms with E-state index in [1.54, 1.807) is 12.1 Å². The minimum absolute atomic E-state index is 0.138. The molecule has 1 saturated carbocycles. The molecule has 0 atom stereocenters. The van der Waals surface area contributed by atoms with Crippen LogP contribution in [0.2, 0.25) is 0 Å². The summed E-state index contributed by atoms with van der Waals surface area (Å²) in [6.07, 6.45) is 8.57. The Kier molecular flexibility index (Phi) is 6.32. The molecule has 0 radical (unpaired) electrons. The average Bonchev–Trinajstić information content (AvgIpc) is 3.47. The van der Waals surface area contributed by atoms with Gasteiger partial charge in [-0.2, -0.15) is 0 Å². The maximum absolute atomic E-state index is 12.4. The third-order valence-corrected chi connectivity index (χ3v) is 8.05. The number of carbonyl (C=O) groups excluding carboxylic acids is 1. The van der Waals surface area contributed by atoms with E-state index < -0.39 is 10.0 Å². The molecule has 1 amide bonds. The van der Waals surface area contributed by atoms with Crippen molar-refractivity contribution in [2.24, 2.45) is 5.92 Å². The Morgan fingerprint density at radius 2 is 2.03 bits per heavy atom. The highest BCUT2D eigenvalue weighted by Gasteiger charge is 2.24. The molecule has 1 aromatic heterocycles. The van der Waals surface area contributed by atoms with E-state index in [0.717, 1.165) is 43.5 Å². The summed E-state index contributed by atoms with van der Waals surface area (Å²) in [6, 6.07) is 6.22. The van der Waals surface area contributed by atoms with Crippen LogP contribution in [-0.4, -0.2) is 32.4 Å². The molecule has 8 heteroatoms. The van der Waals surface area contributed by atoms with E-state index in [1.807, 2.05) is 11.3 Å². The van der Waals surface area contributed by atoms with Crippen LogP contribution in [0.15, 0.2) is 29.2 Å². The van der Waals surface area contributed by atoms with E-state index in [2.05, 4.69) is 10.0 Å². The molecule has 2 aliphatic rings. The molecular formula is C21H27N3O3S2. The van der Waals surface area contributed by atoms with Crippen molar-refractivity contribution in [3.05, 3.63) is 45.4 Å². The smallest absolute Gasteiger partial charge is 0.251 e. The molecule has 0 unspecified atom stereocenters. The second-order valence-electron chi connectivity index (χ2n) is 7.87. The van der Waals surface area contributed by atoms with Crippen molar-refractivity contribution in [1.82, 2.24) is 15.0 Å². The molecule has 0 bridgehead atoms. The molecule has 0 aliphatic heterocycles. The molecule has 4 rings (SSSR count). The van der Waals surface area contributed by atoms with E-state index in [-0.39, 0.29) is 10.8 Å². The van der Waals surface area contributed by atoms with E-state index in [1.165, 1.54) is 35.5 Å². The van der Waals surface area contributed by atoms with Crippen LogP contribution < -0.4 is 10.0 Å². The fourth-order valence-electron chi connectivity index (χ4n) is 3.49. The number of sulfonamides is 1. The Bertz CT molecular complexity index is 957. The number of carbonyl (C=O) groups is 1. The van der Waals surface area contributed by atoms with Gasteiger partial charge in [-0.05, 0) is 69.1 Å². The number of hydrogen-bond acceptors (Lipinski definition) is 5. The summed E-state index contributed by atoms with van der Waals surface area (Å²) in [5.74, 6) is 0.210. The number of rotatable bonds is 9. The van der Waals surface area contributed by atoms with Gasteiger partial charge in [0.15, 0.2) is 0 Å². The quantitative estimate of drug-likeness (QED) is 0.595. The summed E-state index contributed by atoms with van der Waals surface area (Å²) < 4.78 is 27.4. The van der Waals surface area contributed by atoms with Gasteiger partial charge in [-0.1, -0.05) is 6.07 Å². The van der Waals surface area contributed by atoms with Crippen LogP contribution in [0.1, 0.15) is 58.0 Å². The molecule has 156 valence electrons. The maximum Gasteiger partial charge on any atom is 0.251 e. The third-order valence-electron chi connectivity index (χ3n) is 5.41. The minimum Gasteiger partial charge on any atom is -0.352 e. The lowest BCUT2D eigenvalue weighted by Gasteiger charge is -2.08. The lowest BCUT2D eigenvalue weighted by Crippen LogP contribution is -2.27. The highest BCUT2D eigenvalue weighted by molar-refractivity contribution is 7.89. The summed E-state index contributed by atoms with van der Waals surface area (Å²) >= 11 is 1.81. The Morgan fingerprint density at radius 3 is 2.83 bits per heavy atom. The SMILES string of the molecule is O=C(NCCCc1nc2c(s1)CCCC2)c1cccc(S(=O)(=O)NCC2CC2)c1. The summed E-state index contributed by atoms with van der Waals surface area (Å²) in [6.45, 7) is 1.01. The highest BCUT2D eigenvalue weighted by Crippen LogP contribution is 2.28. The van der Waals surface area contributed by atoms with Gasteiger partial charge in [-0.15, -0.1) is 11.3 Å². The fraction of sp³-hybridized carbons (Fsp3) is 0.524. The largest absolute Gasteiger partial charge is 0.352 e. The van der Waals surface area contributed by atoms with Crippen LogP contribution in [0.5, 0.6) is 0 Å². The Hall–Kier alpha value is -1.77. The Balaban J connectivity index is 1.27. The van der Waals surface area contributed by atoms with Gasteiger partial charge in [0.25, 0.3) is 5.91 Å². The first-order valence-corrected chi connectivity index (χ1v) is 12.7. The molecule has 1 heterocycles. The molecule has 0 spiro atoms. The van der Waals surface area contributed by atoms with Crippen LogP contribution >= 0.6 is 11.3 Å². The van der Waals surface area contributed by atoms with Crippen molar-refractivity contribution < 1.29 is 13.2 Å². The van der Waals surface area contributed by atoms with Crippen LogP contribution in [-0.2, 0) is 29.3 Å². The first-order chi connectivity index (χ1) is 14.0. The summed E-state index contributed by atoms with van der Waals surface area (Å²) in [7, 11) is -3.57. The van der Waals surface area contributed by atoms with Crippen molar-refractivity contribution in [2.75, 3.05) is 13.1 Å². The van der Waals surface area contributed by atoms with E-state index in [4.69, 9.17) is 4.98 Å². The second kappa shape index (κ2) is 8.93. The van der Waals surface area contributed by atoms with Crippen molar-refractivity contribution in [3.8, 4) is 0 Å². The predicted molar refractivity (Wildman–Crippen MR) is 114 cm³/mol.